The fourth-order valence-corrected chi connectivity index (χ4v) is 0.885. The van der Waals surface area contributed by atoms with Gasteiger partial charge in [-0.15, -0.1) is 0 Å². The molecular formula is C8H19NO2. The molecule has 0 amide bonds. The second-order valence-corrected chi connectivity index (χ2v) is 2.86. The van der Waals surface area contributed by atoms with Crippen LogP contribution < -0.4 is 5.32 Å². The first-order chi connectivity index (χ1) is 5.20. The first kappa shape index (κ1) is 10.9. The molecule has 0 spiro atoms. The van der Waals surface area contributed by atoms with Crippen molar-refractivity contribution in [2.24, 2.45) is 0 Å². The molecule has 0 radical (unpaired) electrons. The predicted octanol–water partition coefficient (Wildman–Crippen LogP) is 0.382. The Labute approximate surface area is 68.8 Å². The summed E-state index contributed by atoms with van der Waals surface area (Å²) in [7, 11) is 0. The molecule has 11 heavy (non-hydrogen) atoms. The maximum absolute atomic E-state index is 8.86. The summed E-state index contributed by atoms with van der Waals surface area (Å²) in [6, 6.07) is 0.475. The van der Waals surface area contributed by atoms with E-state index in [0.29, 0.717) is 19.3 Å². The average molecular weight is 161 g/mol. The van der Waals surface area contributed by atoms with Gasteiger partial charge < -0.3 is 15.2 Å². The summed E-state index contributed by atoms with van der Waals surface area (Å²) in [6.45, 7) is 7.48. The van der Waals surface area contributed by atoms with Crippen LogP contribution in [0, 0.1) is 0 Å². The highest BCUT2D eigenvalue weighted by Gasteiger charge is 2.07. The zero-order valence-corrected chi connectivity index (χ0v) is 7.63. The molecule has 0 bridgehead atoms. The zero-order chi connectivity index (χ0) is 8.69. The summed E-state index contributed by atoms with van der Waals surface area (Å²) in [6.07, 6.45) is 0. The van der Waals surface area contributed by atoms with E-state index in [4.69, 9.17) is 9.84 Å². The molecule has 0 rings (SSSR count). The highest BCUT2D eigenvalue weighted by Crippen LogP contribution is 1.88. The summed E-state index contributed by atoms with van der Waals surface area (Å²) in [4.78, 5) is 0. The van der Waals surface area contributed by atoms with Crippen LogP contribution in [-0.4, -0.2) is 37.0 Å². The van der Waals surface area contributed by atoms with Crippen LogP contribution in [0.5, 0.6) is 0 Å². The van der Waals surface area contributed by atoms with Crippen LogP contribution in [0.2, 0.25) is 0 Å². The Kier molecular flexibility index (Phi) is 6.51. The third-order valence-electron chi connectivity index (χ3n) is 1.31. The molecule has 0 aliphatic heterocycles. The fraction of sp³-hybridized carbons (Fsp3) is 1.00. The van der Waals surface area contributed by atoms with Crippen molar-refractivity contribution >= 4 is 0 Å². The van der Waals surface area contributed by atoms with Gasteiger partial charge in [-0.2, -0.15) is 0 Å². The Morgan fingerprint density at radius 2 is 2.09 bits per heavy atom. The Balaban J connectivity index is 3.41. The van der Waals surface area contributed by atoms with Crippen molar-refractivity contribution in [1.82, 2.24) is 5.32 Å². The van der Waals surface area contributed by atoms with Crippen molar-refractivity contribution in [3.63, 3.8) is 0 Å². The number of rotatable bonds is 6. The summed E-state index contributed by atoms with van der Waals surface area (Å²) in [5.41, 5.74) is 0. The van der Waals surface area contributed by atoms with E-state index >= 15 is 0 Å². The van der Waals surface area contributed by atoms with Gasteiger partial charge in [0.25, 0.3) is 0 Å². The monoisotopic (exact) mass is 161 g/mol. The second-order valence-electron chi connectivity index (χ2n) is 2.86. The molecule has 0 aromatic carbocycles. The van der Waals surface area contributed by atoms with Gasteiger partial charge in [0.05, 0.1) is 19.3 Å². The van der Waals surface area contributed by atoms with Crippen LogP contribution in [0.4, 0.5) is 0 Å². The topological polar surface area (TPSA) is 41.5 Å². The smallest absolute Gasteiger partial charge is 0.0642 e. The van der Waals surface area contributed by atoms with Crippen molar-refractivity contribution in [3.05, 3.63) is 0 Å². The lowest BCUT2D eigenvalue weighted by molar-refractivity contribution is 0.0942. The van der Waals surface area contributed by atoms with Crippen molar-refractivity contribution in [2.45, 2.75) is 32.9 Å². The minimum atomic E-state index is 0.0787. The van der Waals surface area contributed by atoms with E-state index in [0.717, 1.165) is 0 Å². The largest absolute Gasteiger partial charge is 0.395 e. The molecule has 0 aromatic rings. The van der Waals surface area contributed by atoms with E-state index in [1.165, 1.54) is 0 Å². The number of aliphatic hydroxyl groups is 1. The molecule has 68 valence electrons. The third-order valence-corrected chi connectivity index (χ3v) is 1.31. The lowest BCUT2D eigenvalue weighted by Gasteiger charge is -2.18. The first-order valence-corrected chi connectivity index (χ1v) is 4.15. The van der Waals surface area contributed by atoms with Gasteiger partial charge in [-0.3, -0.25) is 0 Å². The number of aliphatic hydroxyl groups excluding tert-OH is 1. The van der Waals surface area contributed by atoms with E-state index < -0.39 is 0 Å². The van der Waals surface area contributed by atoms with Crippen molar-refractivity contribution in [3.8, 4) is 0 Å². The van der Waals surface area contributed by atoms with Gasteiger partial charge in [-0.25, -0.2) is 0 Å². The van der Waals surface area contributed by atoms with Gasteiger partial charge >= 0.3 is 0 Å². The van der Waals surface area contributed by atoms with Crippen molar-refractivity contribution in [2.75, 3.05) is 19.8 Å². The highest BCUT2D eigenvalue weighted by molar-refractivity contribution is 4.66. The van der Waals surface area contributed by atoms with Gasteiger partial charge in [-0.1, -0.05) is 13.8 Å². The molecule has 0 fully saturated rings. The normalized spacial score (nSPS) is 13.9. The minimum Gasteiger partial charge on any atom is -0.395 e. The molecule has 0 saturated carbocycles. The molecule has 0 aliphatic rings. The SMILES string of the molecule is CCOCC(CO)NC(C)C. The van der Waals surface area contributed by atoms with Crippen LogP contribution in [0.3, 0.4) is 0 Å². The van der Waals surface area contributed by atoms with Gasteiger partial charge in [0.1, 0.15) is 0 Å². The summed E-state index contributed by atoms with van der Waals surface area (Å²) >= 11 is 0. The predicted molar refractivity (Wildman–Crippen MR) is 45.6 cm³/mol. The fourth-order valence-electron chi connectivity index (χ4n) is 0.885. The summed E-state index contributed by atoms with van der Waals surface area (Å²) in [5.74, 6) is 0. The first-order valence-electron chi connectivity index (χ1n) is 4.15. The maximum Gasteiger partial charge on any atom is 0.0642 e. The van der Waals surface area contributed by atoms with E-state index in [2.05, 4.69) is 19.2 Å². The lowest BCUT2D eigenvalue weighted by atomic mass is 10.3. The van der Waals surface area contributed by atoms with Crippen LogP contribution in [0.1, 0.15) is 20.8 Å². The Bertz CT molecular complexity index is 86.2. The number of nitrogens with one attached hydrogen (secondary N) is 1. The van der Waals surface area contributed by atoms with Crippen molar-refractivity contribution < 1.29 is 9.84 Å². The molecule has 3 nitrogen and oxygen atoms in total. The lowest BCUT2D eigenvalue weighted by Crippen LogP contribution is -2.40. The molecule has 3 heteroatoms. The van der Waals surface area contributed by atoms with Crippen molar-refractivity contribution in [1.29, 1.82) is 0 Å². The summed E-state index contributed by atoms with van der Waals surface area (Å²) in [5, 5.41) is 12.0. The van der Waals surface area contributed by atoms with E-state index in [1.807, 2.05) is 6.92 Å². The minimum absolute atomic E-state index is 0.0787. The molecule has 0 aliphatic carbocycles. The van der Waals surface area contributed by atoms with Gasteiger partial charge in [0.2, 0.25) is 0 Å². The third kappa shape index (κ3) is 6.28. The molecular weight excluding hydrogens is 142 g/mol. The van der Waals surface area contributed by atoms with Crippen LogP contribution >= 0.6 is 0 Å². The molecule has 0 saturated heterocycles. The van der Waals surface area contributed by atoms with Crippen LogP contribution in [0.15, 0.2) is 0 Å². The standard InChI is InChI=1S/C8H19NO2/c1-4-11-6-8(5-10)9-7(2)3/h7-10H,4-6H2,1-3H3. The van der Waals surface area contributed by atoms with E-state index in [9.17, 15) is 0 Å². The Morgan fingerprint density at radius 3 is 2.45 bits per heavy atom. The van der Waals surface area contributed by atoms with E-state index in [-0.39, 0.29) is 12.6 Å². The Hall–Kier alpha value is -0.120. The summed E-state index contributed by atoms with van der Waals surface area (Å²) < 4.78 is 5.16. The van der Waals surface area contributed by atoms with Gasteiger partial charge in [0, 0.05) is 12.6 Å². The maximum atomic E-state index is 8.86. The molecule has 1 atom stereocenters. The molecule has 2 N–H and O–H groups in total. The average Bonchev–Trinajstić information content (AvgIpc) is 1.97. The van der Waals surface area contributed by atoms with Gasteiger partial charge in [-0.05, 0) is 6.92 Å². The van der Waals surface area contributed by atoms with Crippen LogP contribution in [-0.2, 0) is 4.74 Å². The highest BCUT2D eigenvalue weighted by atomic mass is 16.5. The number of hydrogen-bond donors (Lipinski definition) is 2. The van der Waals surface area contributed by atoms with Crippen LogP contribution in [0.25, 0.3) is 0 Å². The zero-order valence-electron chi connectivity index (χ0n) is 7.63. The Morgan fingerprint density at radius 1 is 1.45 bits per heavy atom. The quantitative estimate of drug-likeness (QED) is 0.592. The molecule has 0 heterocycles. The molecule has 1 unspecified atom stereocenters. The van der Waals surface area contributed by atoms with E-state index in [1.54, 1.807) is 0 Å². The van der Waals surface area contributed by atoms with Gasteiger partial charge in [0.15, 0.2) is 0 Å². The molecule has 0 aromatic heterocycles. The number of ether oxygens (including phenoxy) is 1. The number of hydrogen-bond acceptors (Lipinski definition) is 3. The second kappa shape index (κ2) is 6.58.